The van der Waals surface area contributed by atoms with E-state index in [2.05, 4.69) is 26.6 Å². The van der Waals surface area contributed by atoms with Crippen molar-refractivity contribution in [3.63, 3.8) is 0 Å². The van der Waals surface area contributed by atoms with E-state index in [9.17, 15) is 4.79 Å². The Kier molecular flexibility index (Phi) is 6.15. The minimum absolute atomic E-state index is 0.0412. The maximum absolute atomic E-state index is 11.8. The predicted octanol–water partition coefficient (Wildman–Crippen LogP) is 2.32. The molecule has 0 aliphatic heterocycles. The van der Waals surface area contributed by atoms with Crippen molar-refractivity contribution >= 4 is 27.5 Å². The minimum Gasteiger partial charge on any atom is -0.383 e. The van der Waals surface area contributed by atoms with Gasteiger partial charge in [-0.15, -0.1) is 0 Å². The second-order valence-electron chi connectivity index (χ2n) is 4.09. The van der Waals surface area contributed by atoms with Crippen molar-refractivity contribution in [2.75, 3.05) is 25.6 Å². The molecule has 1 aromatic carbocycles. The maximum Gasteiger partial charge on any atom is 0.242 e. The molecule has 4 nitrogen and oxygen atoms in total. The molecule has 2 N–H and O–H groups in total. The van der Waals surface area contributed by atoms with Crippen molar-refractivity contribution in [2.24, 2.45) is 0 Å². The standard InChI is InChI=1S/C13H19BrN2O2/c1-9-5-4-6-11(12(9)14)16-10(2)13(17)15-7-8-18-3/h4-6,10,16H,7-8H2,1-3H3,(H,15,17). The molecule has 1 unspecified atom stereocenters. The monoisotopic (exact) mass is 314 g/mol. The smallest absolute Gasteiger partial charge is 0.242 e. The van der Waals surface area contributed by atoms with Crippen LogP contribution in [0.5, 0.6) is 0 Å². The highest BCUT2D eigenvalue weighted by Gasteiger charge is 2.13. The number of benzene rings is 1. The Morgan fingerprint density at radius 1 is 1.50 bits per heavy atom. The number of halogens is 1. The number of aryl methyl sites for hydroxylation is 1. The highest BCUT2D eigenvalue weighted by molar-refractivity contribution is 9.10. The van der Waals surface area contributed by atoms with Gasteiger partial charge in [0.25, 0.3) is 0 Å². The van der Waals surface area contributed by atoms with E-state index in [0.29, 0.717) is 13.2 Å². The Balaban J connectivity index is 2.56. The molecule has 0 heterocycles. The Morgan fingerprint density at radius 3 is 2.89 bits per heavy atom. The van der Waals surface area contributed by atoms with Crippen molar-refractivity contribution in [3.8, 4) is 0 Å². The number of rotatable bonds is 6. The Hall–Kier alpha value is -1.07. The minimum atomic E-state index is -0.292. The van der Waals surface area contributed by atoms with E-state index in [1.54, 1.807) is 7.11 Å². The fraction of sp³-hybridized carbons (Fsp3) is 0.462. The molecular weight excluding hydrogens is 296 g/mol. The summed E-state index contributed by atoms with van der Waals surface area (Å²) in [5, 5.41) is 5.97. The van der Waals surface area contributed by atoms with Crippen LogP contribution in [0.3, 0.4) is 0 Å². The van der Waals surface area contributed by atoms with E-state index >= 15 is 0 Å². The van der Waals surface area contributed by atoms with Gasteiger partial charge in [0.1, 0.15) is 6.04 Å². The average Bonchev–Trinajstić information content (AvgIpc) is 2.35. The molecule has 0 aromatic heterocycles. The molecule has 0 saturated heterocycles. The first-order valence-electron chi connectivity index (χ1n) is 5.84. The number of anilines is 1. The van der Waals surface area contributed by atoms with E-state index in [0.717, 1.165) is 15.7 Å². The zero-order valence-corrected chi connectivity index (χ0v) is 12.5. The first-order chi connectivity index (χ1) is 8.56. The third kappa shape index (κ3) is 4.31. The number of amides is 1. The maximum atomic E-state index is 11.8. The van der Waals surface area contributed by atoms with Gasteiger partial charge in [0.05, 0.1) is 6.61 Å². The third-order valence-electron chi connectivity index (χ3n) is 2.56. The number of methoxy groups -OCH3 is 1. The number of hydrogen-bond donors (Lipinski definition) is 2. The largest absolute Gasteiger partial charge is 0.383 e. The van der Waals surface area contributed by atoms with Crippen LogP contribution < -0.4 is 10.6 Å². The fourth-order valence-corrected chi connectivity index (χ4v) is 1.87. The van der Waals surface area contributed by atoms with Crippen LogP contribution in [0.2, 0.25) is 0 Å². The molecule has 0 spiro atoms. The number of hydrogen-bond acceptors (Lipinski definition) is 3. The molecule has 5 heteroatoms. The van der Waals surface area contributed by atoms with E-state index < -0.39 is 0 Å². The van der Waals surface area contributed by atoms with Crippen LogP contribution in [0, 0.1) is 6.92 Å². The van der Waals surface area contributed by atoms with Crippen LogP contribution in [0.15, 0.2) is 22.7 Å². The lowest BCUT2D eigenvalue weighted by atomic mass is 10.2. The van der Waals surface area contributed by atoms with Crippen molar-refractivity contribution < 1.29 is 9.53 Å². The summed E-state index contributed by atoms with van der Waals surface area (Å²) in [6, 6.07) is 5.62. The third-order valence-corrected chi connectivity index (χ3v) is 3.62. The number of carbonyl (C=O) groups is 1. The molecule has 1 aromatic rings. The summed E-state index contributed by atoms with van der Waals surface area (Å²) in [6.45, 7) is 4.89. The lowest BCUT2D eigenvalue weighted by Gasteiger charge is -2.17. The van der Waals surface area contributed by atoms with Crippen molar-refractivity contribution in [1.29, 1.82) is 0 Å². The van der Waals surface area contributed by atoms with Gasteiger partial charge in [0, 0.05) is 23.8 Å². The predicted molar refractivity (Wildman–Crippen MR) is 76.8 cm³/mol. The summed E-state index contributed by atoms with van der Waals surface area (Å²) < 4.78 is 5.87. The molecule has 0 aliphatic rings. The molecule has 0 bridgehead atoms. The second kappa shape index (κ2) is 7.38. The van der Waals surface area contributed by atoms with Crippen LogP contribution in [0.4, 0.5) is 5.69 Å². The Labute approximate surface area is 116 Å². The molecule has 1 rings (SSSR count). The highest BCUT2D eigenvalue weighted by Crippen LogP contribution is 2.26. The van der Waals surface area contributed by atoms with E-state index in [-0.39, 0.29) is 11.9 Å². The van der Waals surface area contributed by atoms with Gasteiger partial charge in [-0.05, 0) is 41.4 Å². The molecule has 0 radical (unpaired) electrons. The fourth-order valence-electron chi connectivity index (χ4n) is 1.49. The first kappa shape index (κ1) is 15.0. The van der Waals surface area contributed by atoms with Gasteiger partial charge >= 0.3 is 0 Å². The van der Waals surface area contributed by atoms with E-state index in [1.165, 1.54) is 0 Å². The highest BCUT2D eigenvalue weighted by atomic mass is 79.9. The van der Waals surface area contributed by atoms with E-state index in [1.807, 2.05) is 32.0 Å². The van der Waals surface area contributed by atoms with E-state index in [4.69, 9.17) is 4.74 Å². The molecule has 1 amide bonds. The summed E-state index contributed by atoms with van der Waals surface area (Å²) in [5.74, 6) is -0.0412. The van der Waals surface area contributed by atoms with Gasteiger partial charge in [-0.2, -0.15) is 0 Å². The molecule has 1 atom stereocenters. The average molecular weight is 315 g/mol. The first-order valence-corrected chi connectivity index (χ1v) is 6.64. The molecule has 0 fully saturated rings. The molecule has 18 heavy (non-hydrogen) atoms. The molecule has 100 valence electrons. The van der Waals surface area contributed by atoms with Gasteiger partial charge < -0.3 is 15.4 Å². The number of nitrogens with one attached hydrogen (secondary N) is 2. The van der Waals surface area contributed by atoms with Crippen molar-refractivity contribution in [3.05, 3.63) is 28.2 Å². The van der Waals surface area contributed by atoms with Crippen molar-refractivity contribution in [1.82, 2.24) is 5.32 Å². The van der Waals surface area contributed by atoms with Crippen LogP contribution in [0.25, 0.3) is 0 Å². The van der Waals surface area contributed by atoms with Gasteiger partial charge in [0.2, 0.25) is 5.91 Å². The molecular formula is C13H19BrN2O2. The quantitative estimate of drug-likeness (QED) is 0.792. The summed E-state index contributed by atoms with van der Waals surface area (Å²) in [6.07, 6.45) is 0. The van der Waals surface area contributed by atoms with Crippen LogP contribution >= 0.6 is 15.9 Å². The normalized spacial score (nSPS) is 12.0. The topological polar surface area (TPSA) is 50.4 Å². The zero-order chi connectivity index (χ0) is 13.5. The zero-order valence-electron chi connectivity index (χ0n) is 10.9. The summed E-state index contributed by atoms with van der Waals surface area (Å²) in [5.41, 5.74) is 2.05. The second-order valence-corrected chi connectivity index (χ2v) is 4.88. The molecule has 0 saturated carbocycles. The van der Waals surface area contributed by atoms with Gasteiger partial charge in [0.15, 0.2) is 0 Å². The SMILES string of the molecule is COCCNC(=O)C(C)Nc1cccc(C)c1Br. The summed E-state index contributed by atoms with van der Waals surface area (Å²) in [4.78, 5) is 11.8. The summed E-state index contributed by atoms with van der Waals surface area (Å²) >= 11 is 3.51. The lowest BCUT2D eigenvalue weighted by molar-refractivity contribution is -0.121. The molecule has 0 aliphatic carbocycles. The van der Waals surface area contributed by atoms with Gasteiger partial charge in [-0.3, -0.25) is 4.79 Å². The Bertz CT molecular complexity index is 410. The van der Waals surface area contributed by atoms with Crippen LogP contribution in [-0.2, 0) is 9.53 Å². The van der Waals surface area contributed by atoms with Gasteiger partial charge in [-0.1, -0.05) is 12.1 Å². The lowest BCUT2D eigenvalue weighted by Crippen LogP contribution is -2.39. The van der Waals surface area contributed by atoms with Crippen LogP contribution in [-0.4, -0.2) is 32.2 Å². The van der Waals surface area contributed by atoms with Crippen LogP contribution in [0.1, 0.15) is 12.5 Å². The summed E-state index contributed by atoms with van der Waals surface area (Å²) in [7, 11) is 1.61. The Morgan fingerprint density at radius 2 is 2.22 bits per heavy atom. The number of ether oxygens (including phenoxy) is 1. The number of carbonyl (C=O) groups excluding carboxylic acids is 1. The van der Waals surface area contributed by atoms with Gasteiger partial charge in [-0.25, -0.2) is 0 Å². The van der Waals surface area contributed by atoms with Crippen molar-refractivity contribution in [2.45, 2.75) is 19.9 Å².